The lowest BCUT2D eigenvalue weighted by molar-refractivity contribution is -0.134. The van der Waals surface area contributed by atoms with E-state index >= 15 is 0 Å². The van der Waals surface area contributed by atoms with Crippen molar-refractivity contribution in [1.29, 1.82) is 5.26 Å². The molecule has 1 heterocycles. The molecule has 1 saturated heterocycles. The molecule has 0 unspecified atom stereocenters. The lowest BCUT2D eigenvalue weighted by Crippen LogP contribution is -2.42. The van der Waals surface area contributed by atoms with Crippen LogP contribution < -0.4 is 0 Å². The van der Waals surface area contributed by atoms with Crippen LogP contribution in [0.25, 0.3) is 0 Å². The van der Waals surface area contributed by atoms with Crippen LogP contribution in [-0.4, -0.2) is 29.7 Å². The molecular formula is C8H10N2O2. The Kier molecular flexibility index (Phi) is 2.44. The first-order chi connectivity index (χ1) is 5.65. The molecule has 0 saturated carbocycles. The number of rotatable bonds is 0. The molecule has 0 aromatic heterocycles. The molecule has 0 aliphatic carbocycles. The highest BCUT2D eigenvalue weighted by Crippen LogP contribution is 2.11. The standard InChI is InChI=1S/C8H10N2O2/c1-6(11)10-3-2-8(12)7(4-9)5-10/h7H,2-3,5H2,1H3/t7-/m1/s1. The summed E-state index contributed by atoms with van der Waals surface area (Å²) in [6.07, 6.45) is 0.317. The van der Waals surface area contributed by atoms with Crippen molar-refractivity contribution in [3.63, 3.8) is 0 Å². The number of Topliss-reactive ketones (excluding diaryl/α,β-unsaturated/α-hetero) is 1. The van der Waals surface area contributed by atoms with Crippen LogP contribution in [-0.2, 0) is 9.59 Å². The molecule has 4 nitrogen and oxygen atoms in total. The number of likely N-dealkylation sites (tertiary alicyclic amines) is 1. The Balaban J connectivity index is 2.63. The summed E-state index contributed by atoms with van der Waals surface area (Å²) in [6.45, 7) is 2.18. The third-order valence-corrected chi connectivity index (χ3v) is 2.02. The molecule has 1 aliphatic heterocycles. The highest BCUT2D eigenvalue weighted by atomic mass is 16.2. The van der Waals surface area contributed by atoms with E-state index in [1.807, 2.05) is 6.07 Å². The maximum absolute atomic E-state index is 11.0. The summed E-state index contributed by atoms with van der Waals surface area (Å²) >= 11 is 0. The molecule has 1 atom stereocenters. The van der Waals surface area contributed by atoms with Crippen molar-refractivity contribution < 1.29 is 9.59 Å². The van der Waals surface area contributed by atoms with Gasteiger partial charge in [-0.3, -0.25) is 9.59 Å². The smallest absolute Gasteiger partial charge is 0.219 e. The van der Waals surface area contributed by atoms with Crippen LogP contribution in [0.3, 0.4) is 0 Å². The van der Waals surface area contributed by atoms with E-state index in [2.05, 4.69) is 0 Å². The van der Waals surface area contributed by atoms with Crippen molar-refractivity contribution in [3.05, 3.63) is 0 Å². The van der Waals surface area contributed by atoms with Gasteiger partial charge < -0.3 is 4.90 Å². The number of ketones is 1. The van der Waals surface area contributed by atoms with Gasteiger partial charge in [0.1, 0.15) is 5.92 Å². The van der Waals surface area contributed by atoms with Crippen LogP contribution in [0, 0.1) is 17.2 Å². The second-order valence-electron chi connectivity index (χ2n) is 2.86. The van der Waals surface area contributed by atoms with Crippen molar-refractivity contribution in [2.24, 2.45) is 5.92 Å². The van der Waals surface area contributed by atoms with Gasteiger partial charge in [-0.15, -0.1) is 0 Å². The Labute approximate surface area is 70.8 Å². The van der Waals surface area contributed by atoms with E-state index in [1.54, 1.807) is 0 Å². The summed E-state index contributed by atoms with van der Waals surface area (Å²) in [5.41, 5.74) is 0. The normalized spacial score (nSPS) is 23.5. The first kappa shape index (κ1) is 8.72. The fourth-order valence-electron chi connectivity index (χ4n) is 1.23. The van der Waals surface area contributed by atoms with E-state index in [0.29, 0.717) is 13.0 Å². The van der Waals surface area contributed by atoms with Gasteiger partial charge in [0.05, 0.1) is 6.07 Å². The van der Waals surface area contributed by atoms with Crippen LogP contribution in [0.2, 0.25) is 0 Å². The van der Waals surface area contributed by atoms with E-state index in [9.17, 15) is 9.59 Å². The number of hydrogen-bond donors (Lipinski definition) is 0. The van der Waals surface area contributed by atoms with E-state index in [-0.39, 0.29) is 18.2 Å². The van der Waals surface area contributed by atoms with Crippen LogP contribution in [0.15, 0.2) is 0 Å². The summed E-state index contributed by atoms with van der Waals surface area (Å²) in [5.74, 6) is -0.722. The summed E-state index contributed by atoms with van der Waals surface area (Å²) in [7, 11) is 0. The van der Waals surface area contributed by atoms with Crippen molar-refractivity contribution >= 4 is 11.7 Å². The van der Waals surface area contributed by atoms with Crippen LogP contribution in [0.4, 0.5) is 0 Å². The quantitative estimate of drug-likeness (QED) is 0.506. The predicted molar refractivity (Wildman–Crippen MR) is 41.0 cm³/mol. The van der Waals surface area contributed by atoms with Gasteiger partial charge in [0, 0.05) is 26.4 Å². The topological polar surface area (TPSA) is 61.2 Å². The summed E-state index contributed by atoms with van der Waals surface area (Å²) < 4.78 is 0. The minimum atomic E-state index is -0.609. The molecule has 1 aliphatic rings. The minimum Gasteiger partial charge on any atom is -0.341 e. The van der Waals surface area contributed by atoms with Crippen molar-refractivity contribution in [3.8, 4) is 6.07 Å². The maximum Gasteiger partial charge on any atom is 0.219 e. The van der Waals surface area contributed by atoms with E-state index in [4.69, 9.17) is 5.26 Å². The van der Waals surface area contributed by atoms with Gasteiger partial charge in [-0.05, 0) is 0 Å². The third-order valence-electron chi connectivity index (χ3n) is 2.02. The second kappa shape index (κ2) is 3.35. The fraction of sp³-hybridized carbons (Fsp3) is 0.625. The lowest BCUT2D eigenvalue weighted by atomic mass is 9.98. The molecule has 0 aromatic carbocycles. The summed E-state index contributed by atoms with van der Waals surface area (Å²) in [5, 5.41) is 8.55. The van der Waals surface area contributed by atoms with Crippen LogP contribution >= 0.6 is 0 Å². The van der Waals surface area contributed by atoms with Crippen LogP contribution in [0.5, 0.6) is 0 Å². The number of hydrogen-bond acceptors (Lipinski definition) is 3. The first-order valence-corrected chi connectivity index (χ1v) is 3.83. The van der Waals surface area contributed by atoms with E-state index in [0.717, 1.165) is 0 Å². The average Bonchev–Trinajstić information content (AvgIpc) is 2.05. The number of carbonyl (C=O) groups excluding carboxylic acids is 2. The zero-order valence-electron chi connectivity index (χ0n) is 6.91. The largest absolute Gasteiger partial charge is 0.341 e. The SMILES string of the molecule is CC(=O)N1CCC(=O)[C@H](C#N)C1. The molecule has 64 valence electrons. The van der Waals surface area contributed by atoms with Crippen molar-refractivity contribution in [1.82, 2.24) is 4.90 Å². The Hall–Kier alpha value is -1.37. The van der Waals surface area contributed by atoms with Crippen molar-refractivity contribution in [2.75, 3.05) is 13.1 Å². The number of nitriles is 1. The maximum atomic E-state index is 11.0. The highest BCUT2D eigenvalue weighted by Gasteiger charge is 2.27. The zero-order valence-corrected chi connectivity index (χ0v) is 6.91. The Bertz CT molecular complexity index is 254. The lowest BCUT2D eigenvalue weighted by Gasteiger charge is -2.27. The molecule has 0 aromatic rings. The average molecular weight is 166 g/mol. The Morgan fingerprint density at radius 3 is 2.92 bits per heavy atom. The fourth-order valence-corrected chi connectivity index (χ4v) is 1.23. The summed E-state index contributed by atoms with van der Waals surface area (Å²) in [4.78, 5) is 23.4. The molecule has 0 N–H and O–H groups in total. The molecule has 0 spiro atoms. The molecule has 4 heteroatoms. The predicted octanol–water partition coefficient (Wildman–Crippen LogP) is -0.0525. The third kappa shape index (κ3) is 1.62. The Morgan fingerprint density at radius 1 is 1.75 bits per heavy atom. The number of nitrogens with zero attached hydrogens (tertiary/aromatic N) is 2. The monoisotopic (exact) mass is 166 g/mol. The summed E-state index contributed by atoms with van der Waals surface area (Å²) in [6, 6.07) is 1.90. The van der Waals surface area contributed by atoms with Gasteiger partial charge in [-0.25, -0.2) is 0 Å². The van der Waals surface area contributed by atoms with Gasteiger partial charge in [-0.1, -0.05) is 0 Å². The van der Waals surface area contributed by atoms with Gasteiger partial charge >= 0.3 is 0 Å². The van der Waals surface area contributed by atoms with Crippen LogP contribution in [0.1, 0.15) is 13.3 Å². The Morgan fingerprint density at radius 2 is 2.42 bits per heavy atom. The first-order valence-electron chi connectivity index (χ1n) is 3.83. The molecule has 1 rings (SSSR count). The molecular weight excluding hydrogens is 156 g/mol. The van der Waals surface area contributed by atoms with Gasteiger partial charge in [0.15, 0.2) is 5.78 Å². The molecule has 1 amide bonds. The number of amides is 1. The molecule has 1 fully saturated rings. The van der Waals surface area contributed by atoms with E-state index in [1.165, 1.54) is 11.8 Å². The zero-order chi connectivity index (χ0) is 9.14. The number of piperidine rings is 1. The molecule has 0 bridgehead atoms. The van der Waals surface area contributed by atoms with Crippen molar-refractivity contribution in [2.45, 2.75) is 13.3 Å². The van der Waals surface area contributed by atoms with E-state index < -0.39 is 5.92 Å². The molecule has 12 heavy (non-hydrogen) atoms. The van der Waals surface area contributed by atoms with Gasteiger partial charge in [0.2, 0.25) is 5.91 Å². The van der Waals surface area contributed by atoms with Gasteiger partial charge in [0.25, 0.3) is 0 Å². The highest BCUT2D eigenvalue weighted by molar-refractivity contribution is 5.86. The van der Waals surface area contributed by atoms with Gasteiger partial charge in [-0.2, -0.15) is 5.26 Å². The molecule has 0 radical (unpaired) electrons. The number of carbonyl (C=O) groups is 2. The second-order valence-corrected chi connectivity index (χ2v) is 2.86. The minimum absolute atomic E-state index is 0.0463.